The molecule has 1 fully saturated rings. The number of hydrogen-bond donors (Lipinski definition) is 8. The van der Waals surface area contributed by atoms with E-state index in [4.69, 9.17) is 57.3 Å². The molecule has 10 N–H and O–H groups in total. The molecule has 0 aliphatic heterocycles. The van der Waals surface area contributed by atoms with E-state index in [2.05, 4.69) is 48.9 Å². The first-order chi connectivity index (χ1) is 29.5. The van der Waals surface area contributed by atoms with Gasteiger partial charge in [-0.25, -0.2) is 36.7 Å². The Bertz CT molecular complexity index is 2390. The summed E-state index contributed by atoms with van der Waals surface area (Å²) in [5.74, 6) is 0.123. The topological polar surface area (TPSA) is 287 Å². The van der Waals surface area contributed by atoms with Crippen LogP contribution in [0.15, 0.2) is 104 Å². The molecule has 6 rings (SSSR count). The highest BCUT2D eigenvalue weighted by Crippen LogP contribution is 2.38. The zero-order chi connectivity index (χ0) is 46.5. The predicted molar refractivity (Wildman–Crippen MR) is 239 cm³/mol. The van der Waals surface area contributed by atoms with Crippen LogP contribution in [0.5, 0.6) is 5.75 Å². The predicted octanol–water partition coefficient (Wildman–Crippen LogP) is 7.25. The van der Waals surface area contributed by atoms with Crippen molar-refractivity contribution in [3.05, 3.63) is 124 Å². The maximum absolute atomic E-state index is 11.3. The van der Waals surface area contributed by atoms with Gasteiger partial charge in [0, 0.05) is 12.1 Å². The van der Waals surface area contributed by atoms with E-state index in [1.165, 1.54) is 55.9 Å². The first-order valence-electron chi connectivity index (χ1n) is 19.4. The molecule has 0 saturated heterocycles. The Kier molecular flexibility index (Phi) is 18.0. The summed E-state index contributed by atoms with van der Waals surface area (Å²) in [6, 6.07) is 19.3. The van der Waals surface area contributed by atoms with E-state index < -0.39 is 47.9 Å². The van der Waals surface area contributed by atoms with Gasteiger partial charge in [0.25, 0.3) is 0 Å². The Morgan fingerprint density at radius 2 is 1.24 bits per heavy atom. The molecule has 0 spiro atoms. The van der Waals surface area contributed by atoms with Crippen molar-refractivity contribution in [3.8, 4) is 5.75 Å². The molecule has 2 aromatic heterocycles. The van der Waals surface area contributed by atoms with Crippen LogP contribution in [0.25, 0.3) is 0 Å². The maximum Gasteiger partial charge on any atom is 0.337 e. The fourth-order valence-corrected chi connectivity index (χ4v) is 8.43. The number of carboxylic acids is 2. The number of nitrogens with two attached hydrogens (primary N) is 2. The molecule has 17 nitrogen and oxygen atoms in total. The SMILES string of the molecule is CC(C)(C)NC[C@H](O)COc1ccccc1C1CCCC1.NS(=O)(=O)c1cc(C(=O)O)c(NCc2ccco2)cc1Cl.NS(=O)(=O)c1cc(C(=O)O)c(NCc2ccco2)cc1Cl. The standard InChI is InChI=1S/C18H29NO2.2C12H11ClN2O5S/c1-18(2,3)19-12-15(20)13-21-17-11-7-6-10-16(17)14-8-4-5-9-14;2*13-9-5-10(15-6-7-2-1-3-20-7)8(12(16)17)4-11(9)21(14,18)19/h6-7,10-11,14-15,19-20H,4-5,8-9,12-13H2,1-3H3;2*1-5,15H,6H2,(H,16,17)(H2,14,18,19)/t15-;;/m0../s1. The van der Waals surface area contributed by atoms with Gasteiger partial charge >= 0.3 is 11.9 Å². The lowest BCUT2D eigenvalue weighted by molar-refractivity contribution is 0.0686. The number of furan rings is 2. The molecule has 0 radical (unpaired) electrons. The minimum absolute atomic E-state index is 0.0166. The summed E-state index contributed by atoms with van der Waals surface area (Å²) in [5.41, 5.74) is 1.14. The highest BCUT2D eigenvalue weighted by atomic mass is 35.5. The van der Waals surface area contributed by atoms with Gasteiger partial charge in [-0.15, -0.1) is 0 Å². The lowest BCUT2D eigenvalue weighted by Gasteiger charge is -2.23. The van der Waals surface area contributed by atoms with Gasteiger partial charge in [0.1, 0.15) is 39.8 Å². The Labute approximate surface area is 375 Å². The molecule has 0 unspecified atom stereocenters. The van der Waals surface area contributed by atoms with Gasteiger partial charge in [-0.05, 0) is 99.7 Å². The van der Waals surface area contributed by atoms with Crippen LogP contribution in [-0.4, -0.2) is 68.9 Å². The summed E-state index contributed by atoms with van der Waals surface area (Å²) in [5, 5.41) is 47.0. The van der Waals surface area contributed by atoms with E-state index in [1.807, 2.05) is 12.1 Å². The summed E-state index contributed by atoms with van der Waals surface area (Å²) in [4.78, 5) is 21.6. The Morgan fingerprint density at radius 1 is 0.778 bits per heavy atom. The van der Waals surface area contributed by atoms with Crippen LogP contribution in [0.1, 0.15) is 90.2 Å². The highest BCUT2D eigenvalue weighted by Gasteiger charge is 2.23. The largest absolute Gasteiger partial charge is 0.491 e. The number of rotatable bonds is 16. The van der Waals surface area contributed by atoms with Gasteiger partial charge in [0.2, 0.25) is 20.0 Å². The Balaban J connectivity index is 0.000000207. The Morgan fingerprint density at radius 3 is 1.63 bits per heavy atom. The molecular formula is C42H51Cl2N5O12S2. The molecule has 1 aliphatic carbocycles. The summed E-state index contributed by atoms with van der Waals surface area (Å²) < 4.78 is 61.5. The van der Waals surface area contributed by atoms with Crippen LogP contribution < -0.4 is 31.0 Å². The van der Waals surface area contributed by atoms with Crippen molar-refractivity contribution in [3.63, 3.8) is 0 Å². The number of ether oxygens (including phenoxy) is 1. The fourth-order valence-electron chi connectivity index (χ4n) is 6.24. The zero-order valence-electron chi connectivity index (χ0n) is 34.6. The molecule has 0 bridgehead atoms. The summed E-state index contributed by atoms with van der Waals surface area (Å²) in [6.07, 6.45) is 7.62. The molecule has 342 valence electrons. The third-order valence-electron chi connectivity index (χ3n) is 9.30. The zero-order valence-corrected chi connectivity index (χ0v) is 37.8. The smallest absolute Gasteiger partial charge is 0.337 e. The maximum atomic E-state index is 11.3. The van der Waals surface area contributed by atoms with Gasteiger partial charge in [-0.2, -0.15) is 0 Å². The summed E-state index contributed by atoms with van der Waals surface area (Å²) in [7, 11) is -8.21. The number of sulfonamides is 2. The normalized spacial score (nSPS) is 13.5. The molecular weight excluding hydrogens is 902 g/mol. The number of aliphatic hydroxyl groups excluding tert-OH is 1. The van der Waals surface area contributed by atoms with E-state index in [1.54, 1.807) is 24.3 Å². The molecule has 3 aromatic carbocycles. The van der Waals surface area contributed by atoms with Crippen molar-refractivity contribution in [2.45, 2.75) is 86.9 Å². The van der Waals surface area contributed by atoms with E-state index in [0.29, 0.717) is 30.6 Å². The van der Waals surface area contributed by atoms with Gasteiger partial charge in [0.15, 0.2) is 0 Å². The van der Waals surface area contributed by atoms with Gasteiger partial charge in [-0.3, -0.25) is 0 Å². The van der Waals surface area contributed by atoms with Crippen molar-refractivity contribution >= 4 is 66.6 Å². The number of nitrogens with one attached hydrogen (secondary N) is 3. The van der Waals surface area contributed by atoms with Crippen molar-refractivity contribution in [2.75, 3.05) is 23.8 Å². The number of hydrogen-bond acceptors (Lipinski definition) is 13. The van der Waals surface area contributed by atoms with Crippen LogP contribution in [0, 0.1) is 0 Å². The van der Waals surface area contributed by atoms with Gasteiger partial charge in [-0.1, -0.05) is 54.2 Å². The van der Waals surface area contributed by atoms with Crippen molar-refractivity contribution < 1.29 is 55.3 Å². The lowest BCUT2D eigenvalue weighted by atomic mass is 9.97. The lowest BCUT2D eigenvalue weighted by Crippen LogP contribution is -2.42. The summed E-state index contributed by atoms with van der Waals surface area (Å²) >= 11 is 11.7. The number of carbonyl (C=O) groups is 2. The molecule has 1 aliphatic rings. The first kappa shape index (κ1) is 50.5. The van der Waals surface area contributed by atoms with E-state index >= 15 is 0 Å². The van der Waals surface area contributed by atoms with Gasteiger partial charge < -0.3 is 44.8 Å². The number of benzene rings is 3. The molecule has 0 amide bonds. The quantitative estimate of drug-likeness (QED) is 0.0483. The minimum atomic E-state index is -4.11. The van der Waals surface area contributed by atoms with Crippen molar-refractivity contribution in [1.82, 2.24) is 5.32 Å². The van der Waals surface area contributed by atoms with Crippen LogP contribution in [0.4, 0.5) is 11.4 Å². The van der Waals surface area contributed by atoms with Crippen molar-refractivity contribution in [1.29, 1.82) is 0 Å². The number of aromatic carboxylic acids is 2. The number of anilines is 2. The van der Waals surface area contributed by atoms with E-state index in [9.17, 15) is 31.5 Å². The first-order valence-corrected chi connectivity index (χ1v) is 23.2. The van der Waals surface area contributed by atoms with E-state index in [0.717, 1.165) is 17.9 Å². The average molecular weight is 953 g/mol. The number of primary sulfonamides is 2. The number of aliphatic hydroxyl groups is 1. The van der Waals surface area contributed by atoms with Gasteiger partial charge in [0.05, 0.1) is 58.2 Å². The monoisotopic (exact) mass is 951 g/mol. The average Bonchev–Trinajstić information content (AvgIpc) is 4.02. The van der Waals surface area contributed by atoms with Crippen LogP contribution in [-0.2, 0) is 33.1 Å². The summed E-state index contributed by atoms with van der Waals surface area (Å²) in [6.45, 7) is 7.61. The third-order valence-corrected chi connectivity index (χ3v) is 12.0. The molecule has 5 aromatic rings. The van der Waals surface area contributed by atoms with Crippen LogP contribution in [0.3, 0.4) is 0 Å². The van der Waals surface area contributed by atoms with Crippen LogP contribution in [0.2, 0.25) is 10.0 Å². The second-order valence-corrected chi connectivity index (χ2v) is 19.2. The minimum Gasteiger partial charge on any atom is -0.491 e. The molecule has 2 heterocycles. The molecule has 63 heavy (non-hydrogen) atoms. The number of carboxylic acid groups (broad SMARTS) is 2. The van der Waals surface area contributed by atoms with E-state index in [-0.39, 0.29) is 51.2 Å². The number of β-amino-alcohol motifs (C(OH)–C–C–N with tert-alkyl or cyclic N) is 1. The second kappa shape index (κ2) is 22.5. The molecule has 21 heteroatoms. The van der Waals surface area contributed by atoms with Crippen LogP contribution >= 0.6 is 23.2 Å². The number of halogens is 2. The fraction of sp³-hybridized carbons (Fsp3) is 0.333. The highest BCUT2D eigenvalue weighted by molar-refractivity contribution is 7.89. The number of para-hydroxylation sites is 1. The third kappa shape index (κ3) is 15.9. The second-order valence-electron chi connectivity index (χ2n) is 15.3. The molecule has 1 atom stereocenters. The Hall–Kier alpha value is -5.12. The molecule has 1 saturated carbocycles. The van der Waals surface area contributed by atoms with Crippen molar-refractivity contribution in [2.24, 2.45) is 10.3 Å².